The van der Waals surface area contributed by atoms with Crippen LogP contribution in [0.5, 0.6) is 0 Å². The summed E-state index contributed by atoms with van der Waals surface area (Å²) in [6.07, 6.45) is 8.46. The van der Waals surface area contributed by atoms with E-state index < -0.39 is 0 Å². The molecule has 2 N–H and O–H groups in total. The van der Waals surface area contributed by atoms with Crippen LogP contribution in [0.3, 0.4) is 0 Å². The van der Waals surface area contributed by atoms with Crippen molar-refractivity contribution < 1.29 is 4.79 Å². The zero-order chi connectivity index (χ0) is 9.81. The number of carbonyl (C=O) groups excluding carboxylic acids is 1. The molecule has 4 saturated carbocycles. The van der Waals surface area contributed by atoms with Crippen molar-refractivity contribution in [3.63, 3.8) is 0 Å². The Kier molecular flexibility index (Phi) is 1.52. The van der Waals surface area contributed by atoms with Gasteiger partial charge in [0.05, 0.1) is 5.54 Å². The zero-order valence-electron chi connectivity index (χ0n) is 8.33. The van der Waals surface area contributed by atoms with E-state index >= 15 is 0 Å². The molecule has 0 heterocycles. The van der Waals surface area contributed by atoms with E-state index in [0.29, 0.717) is 0 Å². The minimum atomic E-state index is -0.111. The Morgan fingerprint density at radius 3 is 2.36 bits per heavy atom. The van der Waals surface area contributed by atoms with Crippen molar-refractivity contribution in [1.29, 1.82) is 0 Å². The van der Waals surface area contributed by atoms with E-state index in [-0.39, 0.29) is 11.1 Å². The van der Waals surface area contributed by atoms with Crippen LogP contribution in [-0.4, -0.2) is 17.2 Å². The summed E-state index contributed by atoms with van der Waals surface area (Å²) in [6, 6.07) is 0. The average Bonchev–Trinajstić information content (AvgIpc) is 1.97. The highest BCUT2D eigenvalue weighted by atomic mass is 16.1. The van der Waals surface area contributed by atoms with Crippen LogP contribution in [-0.2, 0) is 4.79 Å². The van der Waals surface area contributed by atoms with Crippen molar-refractivity contribution in [2.75, 3.05) is 0 Å². The SMILES string of the molecule is NC12CC3CC(C1)CC(N=C=O)(C3)C2. The number of hydrogen-bond acceptors (Lipinski definition) is 3. The molecule has 0 spiro atoms. The summed E-state index contributed by atoms with van der Waals surface area (Å²) >= 11 is 0. The lowest BCUT2D eigenvalue weighted by Crippen LogP contribution is -2.62. The maximum absolute atomic E-state index is 10.5. The van der Waals surface area contributed by atoms with E-state index in [1.807, 2.05) is 0 Å². The normalized spacial score (nSPS) is 54.4. The van der Waals surface area contributed by atoms with Gasteiger partial charge in [0.1, 0.15) is 0 Å². The van der Waals surface area contributed by atoms with Crippen LogP contribution >= 0.6 is 0 Å². The third kappa shape index (κ3) is 1.09. The molecule has 2 unspecified atom stereocenters. The van der Waals surface area contributed by atoms with Gasteiger partial charge in [-0.25, -0.2) is 4.79 Å². The lowest BCUT2D eigenvalue weighted by molar-refractivity contribution is -0.0160. The van der Waals surface area contributed by atoms with Gasteiger partial charge in [-0.05, 0) is 50.4 Å². The molecule has 0 aliphatic heterocycles. The summed E-state index contributed by atoms with van der Waals surface area (Å²) in [5.74, 6) is 1.44. The van der Waals surface area contributed by atoms with Gasteiger partial charge in [-0.2, -0.15) is 4.99 Å². The fraction of sp³-hybridized carbons (Fsp3) is 0.909. The molecule has 4 rings (SSSR count). The van der Waals surface area contributed by atoms with Gasteiger partial charge in [-0.15, -0.1) is 0 Å². The van der Waals surface area contributed by atoms with Gasteiger partial charge in [0.25, 0.3) is 0 Å². The average molecular weight is 192 g/mol. The fourth-order valence-electron chi connectivity index (χ4n) is 4.51. The monoisotopic (exact) mass is 192 g/mol. The molecule has 76 valence electrons. The lowest BCUT2D eigenvalue weighted by Gasteiger charge is -2.58. The molecule has 3 heteroatoms. The molecule has 2 atom stereocenters. The molecule has 3 nitrogen and oxygen atoms in total. The third-order valence-corrected chi connectivity index (χ3v) is 4.36. The second-order valence-corrected chi connectivity index (χ2v) is 5.75. The summed E-state index contributed by atoms with van der Waals surface area (Å²) in [7, 11) is 0. The van der Waals surface area contributed by atoms with Crippen molar-refractivity contribution in [2.24, 2.45) is 22.6 Å². The second-order valence-electron chi connectivity index (χ2n) is 5.75. The summed E-state index contributed by atoms with van der Waals surface area (Å²) in [6.45, 7) is 0. The maximum atomic E-state index is 10.5. The van der Waals surface area contributed by atoms with E-state index in [4.69, 9.17) is 5.73 Å². The summed E-state index contributed by atoms with van der Waals surface area (Å²) in [5.41, 5.74) is 6.23. The molecule has 4 bridgehead atoms. The number of isocyanates is 1. The van der Waals surface area contributed by atoms with Crippen molar-refractivity contribution in [3.05, 3.63) is 0 Å². The Morgan fingerprint density at radius 1 is 1.21 bits per heavy atom. The van der Waals surface area contributed by atoms with Crippen LogP contribution in [0.2, 0.25) is 0 Å². The highest BCUT2D eigenvalue weighted by Crippen LogP contribution is 2.57. The van der Waals surface area contributed by atoms with Gasteiger partial charge in [0.2, 0.25) is 6.08 Å². The molecule has 0 saturated heterocycles. The number of aliphatic imine (C=N–C) groups is 1. The van der Waals surface area contributed by atoms with Gasteiger partial charge in [-0.1, -0.05) is 0 Å². The number of hydrogen-bond donors (Lipinski definition) is 1. The zero-order valence-corrected chi connectivity index (χ0v) is 8.33. The van der Waals surface area contributed by atoms with Crippen LogP contribution in [0.4, 0.5) is 0 Å². The van der Waals surface area contributed by atoms with Gasteiger partial charge in [0, 0.05) is 5.54 Å². The van der Waals surface area contributed by atoms with Crippen LogP contribution < -0.4 is 5.73 Å². The molecule has 0 aromatic rings. The highest BCUT2D eigenvalue weighted by molar-refractivity contribution is 5.36. The van der Waals surface area contributed by atoms with Crippen LogP contribution in [0.15, 0.2) is 4.99 Å². The number of nitrogens with two attached hydrogens (primary N) is 1. The first-order valence-electron chi connectivity index (χ1n) is 5.51. The minimum absolute atomic E-state index is 0.00949. The molecule has 0 aromatic carbocycles. The first kappa shape index (κ1) is 8.63. The molecular weight excluding hydrogens is 176 g/mol. The second kappa shape index (κ2) is 2.47. The molecule has 4 aliphatic rings. The van der Waals surface area contributed by atoms with Crippen molar-refractivity contribution in [3.8, 4) is 0 Å². The minimum Gasteiger partial charge on any atom is -0.325 e. The van der Waals surface area contributed by atoms with Gasteiger partial charge < -0.3 is 5.73 Å². The Morgan fingerprint density at radius 2 is 1.86 bits per heavy atom. The van der Waals surface area contributed by atoms with E-state index in [1.165, 1.54) is 6.42 Å². The van der Waals surface area contributed by atoms with Gasteiger partial charge >= 0.3 is 0 Å². The summed E-state index contributed by atoms with van der Waals surface area (Å²) < 4.78 is 0. The topological polar surface area (TPSA) is 55.4 Å². The van der Waals surface area contributed by atoms with E-state index in [1.54, 1.807) is 6.08 Å². The lowest BCUT2D eigenvalue weighted by atomic mass is 9.50. The molecule has 0 aromatic heterocycles. The Balaban J connectivity index is 2.00. The van der Waals surface area contributed by atoms with E-state index in [2.05, 4.69) is 4.99 Å². The quantitative estimate of drug-likeness (QED) is 0.504. The van der Waals surface area contributed by atoms with Crippen molar-refractivity contribution >= 4 is 6.08 Å². The molecule has 0 amide bonds. The van der Waals surface area contributed by atoms with Crippen LogP contribution in [0.1, 0.15) is 38.5 Å². The highest BCUT2D eigenvalue weighted by Gasteiger charge is 2.56. The standard InChI is InChI=1S/C11H16N2O/c12-10-2-8-1-9(3-10)5-11(4-8,6-10)13-7-14/h8-9H,1-6,12H2. The molecule has 14 heavy (non-hydrogen) atoms. The van der Waals surface area contributed by atoms with Crippen LogP contribution in [0.25, 0.3) is 0 Å². The first-order valence-corrected chi connectivity index (χ1v) is 5.51. The Labute approximate surface area is 83.8 Å². The van der Waals surface area contributed by atoms with Gasteiger partial charge in [0.15, 0.2) is 0 Å². The number of rotatable bonds is 1. The smallest absolute Gasteiger partial charge is 0.235 e. The fourth-order valence-corrected chi connectivity index (χ4v) is 4.51. The molecule has 4 aliphatic carbocycles. The molecule has 0 radical (unpaired) electrons. The third-order valence-electron chi connectivity index (χ3n) is 4.36. The molecular formula is C11H16N2O. The molecule has 4 fully saturated rings. The van der Waals surface area contributed by atoms with Crippen molar-refractivity contribution in [2.45, 2.75) is 49.6 Å². The summed E-state index contributed by atoms with van der Waals surface area (Å²) in [5, 5.41) is 0. The maximum Gasteiger partial charge on any atom is 0.235 e. The van der Waals surface area contributed by atoms with Gasteiger partial charge in [-0.3, -0.25) is 0 Å². The van der Waals surface area contributed by atoms with Crippen LogP contribution in [0, 0.1) is 11.8 Å². The predicted octanol–water partition coefficient (Wildman–Crippen LogP) is 1.37. The largest absolute Gasteiger partial charge is 0.325 e. The van der Waals surface area contributed by atoms with E-state index in [9.17, 15) is 4.79 Å². The van der Waals surface area contributed by atoms with E-state index in [0.717, 1.165) is 43.9 Å². The van der Waals surface area contributed by atoms with Crippen molar-refractivity contribution in [1.82, 2.24) is 0 Å². The Bertz CT molecular complexity index is 305. The summed E-state index contributed by atoms with van der Waals surface area (Å²) in [4.78, 5) is 14.5. The number of nitrogens with zero attached hydrogens (tertiary/aromatic N) is 1. The first-order chi connectivity index (χ1) is 6.63. The Hall–Kier alpha value is -0.660. The predicted molar refractivity (Wildman–Crippen MR) is 52.5 cm³/mol.